The van der Waals surface area contributed by atoms with E-state index in [2.05, 4.69) is 5.32 Å². The summed E-state index contributed by atoms with van der Waals surface area (Å²) in [6.07, 6.45) is 0.364. The van der Waals surface area contributed by atoms with Crippen molar-refractivity contribution in [2.75, 3.05) is 25.6 Å². The van der Waals surface area contributed by atoms with Crippen LogP contribution in [0.3, 0.4) is 0 Å². The van der Waals surface area contributed by atoms with Gasteiger partial charge in [0.15, 0.2) is 0 Å². The highest BCUT2D eigenvalue weighted by atomic mass is 16.5. The van der Waals surface area contributed by atoms with Crippen LogP contribution in [0.15, 0.2) is 48.5 Å². The van der Waals surface area contributed by atoms with E-state index >= 15 is 0 Å². The summed E-state index contributed by atoms with van der Waals surface area (Å²) in [5.74, 6) is -0.0739. The highest BCUT2D eigenvalue weighted by Gasteiger charge is 2.51. The zero-order valence-corrected chi connectivity index (χ0v) is 17.1. The van der Waals surface area contributed by atoms with Crippen molar-refractivity contribution in [3.05, 3.63) is 59.7 Å². The van der Waals surface area contributed by atoms with Crippen LogP contribution in [0.2, 0.25) is 0 Å². The predicted molar refractivity (Wildman–Crippen MR) is 110 cm³/mol. The van der Waals surface area contributed by atoms with Crippen molar-refractivity contribution in [3.63, 3.8) is 0 Å². The number of imide groups is 1. The maximum absolute atomic E-state index is 13.3. The fourth-order valence-electron chi connectivity index (χ4n) is 3.59. The molecule has 1 atom stereocenters. The van der Waals surface area contributed by atoms with Crippen molar-refractivity contribution in [1.82, 2.24) is 10.2 Å². The summed E-state index contributed by atoms with van der Waals surface area (Å²) in [4.78, 5) is 41.0. The molecule has 4 amide bonds. The Hall–Kier alpha value is -3.35. The molecule has 1 aliphatic rings. The number of likely N-dealkylation sites (N-methyl/N-ethyl adjacent to an activating group) is 1. The number of benzene rings is 2. The van der Waals surface area contributed by atoms with Crippen LogP contribution in [0.25, 0.3) is 0 Å². The van der Waals surface area contributed by atoms with Gasteiger partial charge in [0.2, 0.25) is 5.91 Å². The number of ether oxygens (including phenoxy) is 1. The summed E-state index contributed by atoms with van der Waals surface area (Å²) in [6, 6.07) is 13.9. The van der Waals surface area contributed by atoms with Gasteiger partial charge in [-0.1, -0.05) is 31.2 Å². The first-order chi connectivity index (χ1) is 13.8. The SMILES string of the molecule is CCC1(c2ccc(OC)c(C)c2)NC(=O)N(CC(=O)N(C)c2ccccc2)C1=O. The standard InChI is InChI=1S/C22H25N3O4/c1-5-22(16-11-12-18(29-4)15(2)13-16)20(27)25(21(28)23-22)14-19(26)24(3)17-9-7-6-8-10-17/h6-13H,5,14H2,1-4H3,(H,23,28). The Bertz CT molecular complexity index is 944. The van der Waals surface area contributed by atoms with Crippen molar-refractivity contribution in [1.29, 1.82) is 0 Å². The van der Waals surface area contributed by atoms with Gasteiger partial charge < -0.3 is 15.0 Å². The van der Waals surface area contributed by atoms with E-state index in [1.165, 1.54) is 4.90 Å². The molecular weight excluding hydrogens is 370 g/mol. The van der Waals surface area contributed by atoms with Crippen molar-refractivity contribution in [2.24, 2.45) is 0 Å². The molecule has 1 fully saturated rings. The summed E-state index contributed by atoms with van der Waals surface area (Å²) < 4.78 is 5.29. The minimum Gasteiger partial charge on any atom is -0.496 e. The van der Waals surface area contributed by atoms with Crippen molar-refractivity contribution >= 4 is 23.5 Å². The highest BCUT2D eigenvalue weighted by Crippen LogP contribution is 2.34. The average Bonchev–Trinajstić information content (AvgIpc) is 2.98. The number of rotatable bonds is 6. The quantitative estimate of drug-likeness (QED) is 0.763. The zero-order chi connectivity index (χ0) is 21.2. The molecule has 0 radical (unpaired) electrons. The number of anilines is 1. The molecule has 1 N–H and O–H groups in total. The Morgan fingerprint density at radius 1 is 1.17 bits per heavy atom. The molecule has 7 heteroatoms. The Balaban J connectivity index is 1.86. The third-order valence-electron chi connectivity index (χ3n) is 5.40. The van der Waals surface area contributed by atoms with E-state index in [0.717, 1.165) is 10.5 Å². The van der Waals surface area contributed by atoms with Gasteiger partial charge in [-0.25, -0.2) is 4.79 Å². The first kappa shape index (κ1) is 20.4. The van der Waals surface area contributed by atoms with Crippen LogP contribution in [-0.4, -0.2) is 43.4 Å². The van der Waals surface area contributed by atoms with Crippen LogP contribution < -0.4 is 15.0 Å². The number of aryl methyl sites for hydroxylation is 1. The lowest BCUT2D eigenvalue weighted by Crippen LogP contribution is -2.45. The topological polar surface area (TPSA) is 79.0 Å². The number of nitrogens with zero attached hydrogens (tertiary/aromatic N) is 2. The molecule has 1 unspecified atom stereocenters. The molecule has 1 aliphatic heterocycles. The summed E-state index contributed by atoms with van der Waals surface area (Å²) >= 11 is 0. The number of nitrogens with one attached hydrogen (secondary N) is 1. The van der Waals surface area contributed by atoms with Crippen LogP contribution in [0.4, 0.5) is 10.5 Å². The molecule has 29 heavy (non-hydrogen) atoms. The molecular formula is C22H25N3O4. The monoisotopic (exact) mass is 395 g/mol. The highest BCUT2D eigenvalue weighted by molar-refractivity contribution is 6.10. The van der Waals surface area contributed by atoms with Crippen LogP contribution in [-0.2, 0) is 15.1 Å². The van der Waals surface area contributed by atoms with Gasteiger partial charge >= 0.3 is 6.03 Å². The maximum atomic E-state index is 13.3. The number of para-hydroxylation sites is 1. The van der Waals surface area contributed by atoms with E-state index in [1.54, 1.807) is 38.4 Å². The molecule has 0 aliphatic carbocycles. The Morgan fingerprint density at radius 3 is 2.45 bits per heavy atom. The number of carbonyl (C=O) groups is 3. The average molecular weight is 395 g/mol. The lowest BCUT2D eigenvalue weighted by molar-refractivity contribution is -0.134. The van der Waals surface area contributed by atoms with Crippen molar-refractivity contribution in [3.8, 4) is 5.75 Å². The van der Waals surface area contributed by atoms with E-state index in [4.69, 9.17) is 4.74 Å². The number of carbonyl (C=O) groups excluding carboxylic acids is 3. The minimum atomic E-state index is -1.19. The maximum Gasteiger partial charge on any atom is 0.325 e. The third kappa shape index (κ3) is 3.55. The minimum absolute atomic E-state index is 0.326. The van der Waals surface area contributed by atoms with Crippen LogP contribution in [0.1, 0.15) is 24.5 Å². The Kier molecular flexibility index (Phi) is 5.59. The number of methoxy groups -OCH3 is 1. The molecule has 0 bridgehead atoms. The van der Waals surface area contributed by atoms with Gasteiger partial charge in [0.1, 0.15) is 17.8 Å². The van der Waals surface area contributed by atoms with Gasteiger partial charge in [-0.3, -0.25) is 14.5 Å². The van der Waals surface area contributed by atoms with Gasteiger partial charge in [0.05, 0.1) is 7.11 Å². The summed E-state index contributed by atoms with van der Waals surface area (Å²) in [7, 11) is 3.20. The molecule has 152 valence electrons. The molecule has 1 saturated heterocycles. The number of urea groups is 1. The predicted octanol–water partition coefficient (Wildman–Crippen LogP) is 2.82. The fourth-order valence-corrected chi connectivity index (χ4v) is 3.59. The Labute approximate surface area is 170 Å². The molecule has 0 spiro atoms. The largest absolute Gasteiger partial charge is 0.496 e. The van der Waals surface area contributed by atoms with Crippen LogP contribution in [0, 0.1) is 6.92 Å². The van der Waals surface area contributed by atoms with E-state index in [-0.39, 0.29) is 12.5 Å². The van der Waals surface area contributed by atoms with Gasteiger partial charge in [-0.2, -0.15) is 0 Å². The van der Waals surface area contributed by atoms with Gasteiger partial charge in [-0.05, 0) is 48.7 Å². The molecule has 0 aromatic heterocycles. The van der Waals surface area contributed by atoms with E-state index in [1.807, 2.05) is 38.1 Å². The fraction of sp³-hybridized carbons (Fsp3) is 0.318. The van der Waals surface area contributed by atoms with Gasteiger partial charge in [-0.15, -0.1) is 0 Å². The second-order valence-electron chi connectivity index (χ2n) is 7.05. The van der Waals surface area contributed by atoms with Crippen LogP contribution in [0.5, 0.6) is 5.75 Å². The Morgan fingerprint density at radius 2 is 1.86 bits per heavy atom. The van der Waals surface area contributed by atoms with Crippen LogP contribution >= 0.6 is 0 Å². The third-order valence-corrected chi connectivity index (χ3v) is 5.40. The summed E-state index contributed by atoms with van der Waals surface area (Å²) in [6.45, 7) is 3.38. The van der Waals surface area contributed by atoms with E-state index in [0.29, 0.717) is 23.4 Å². The molecule has 7 nitrogen and oxygen atoms in total. The van der Waals surface area contributed by atoms with Crippen molar-refractivity contribution in [2.45, 2.75) is 25.8 Å². The second-order valence-corrected chi connectivity index (χ2v) is 7.05. The lowest BCUT2D eigenvalue weighted by atomic mass is 9.86. The first-order valence-corrected chi connectivity index (χ1v) is 9.45. The first-order valence-electron chi connectivity index (χ1n) is 9.45. The molecule has 2 aromatic carbocycles. The number of amides is 4. The lowest BCUT2D eigenvalue weighted by Gasteiger charge is -2.27. The zero-order valence-electron chi connectivity index (χ0n) is 17.1. The number of hydrogen-bond donors (Lipinski definition) is 1. The smallest absolute Gasteiger partial charge is 0.325 e. The van der Waals surface area contributed by atoms with E-state index in [9.17, 15) is 14.4 Å². The summed E-state index contributed by atoms with van der Waals surface area (Å²) in [5, 5.41) is 2.81. The summed E-state index contributed by atoms with van der Waals surface area (Å²) in [5.41, 5.74) is 1.03. The van der Waals surface area contributed by atoms with Gasteiger partial charge in [0, 0.05) is 12.7 Å². The molecule has 3 rings (SSSR count). The van der Waals surface area contributed by atoms with Crippen molar-refractivity contribution < 1.29 is 19.1 Å². The number of hydrogen-bond acceptors (Lipinski definition) is 4. The van der Waals surface area contributed by atoms with Gasteiger partial charge in [0.25, 0.3) is 5.91 Å². The van der Waals surface area contributed by atoms with E-state index < -0.39 is 17.5 Å². The molecule has 1 heterocycles. The molecule has 2 aromatic rings. The normalized spacial score (nSPS) is 18.6. The molecule has 0 saturated carbocycles. The second kappa shape index (κ2) is 7.95.